The molecule has 5 heteroatoms. The average molecular weight is 390 g/mol. The quantitative estimate of drug-likeness (QED) is 0.842. The van der Waals surface area contributed by atoms with E-state index in [9.17, 15) is 4.79 Å². The van der Waals surface area contributed by atoms with Gasteiger partial charge < -0.3 is 15.0 Å². The van der Waals surface area contributed by atoms with Crippen LogP contribution in [0.5, 0.6) is 0 Å². The highest BCUT2D eigenvalue weighted by molar-refractivity contribution is 9.10. The van der Waals surface area contributed by atoms with E-state index in [0.29, 0.717) is 5.56 Å². The number of rotatable bonds is 4. The van der Waals surface area contributed by atoms with Gasteiger partial charge in [-0.25, -0.2) is 0 Å². The number of quaternary nitrogens is 1. The van der Waals surface area contributed by atoms with Crippen molar-refractivity contribution < 1.29 is 14.4 Å². The molecular weight excluding hydrogens is 368 g/mol. The number of nitrogens with one attached hydrogen (secondary N) is 2. The number of benzene rings is 2. The summed E-state index contributed by atoms with van der Waals surface area (Å²) in [7, 11) is 0. The van der Waals surface area contributed by atoms with Crippen molar-refractivity contribution in [3.8, 4) is 0 Å². The van der Waals surface area contributed by atoms with Gasteiger partial charge in [-0.15, -0.1) is 0 Å². The molecule has 0 spiro atoms. The summed E-state index contributed by atoms with van der Waals surface area (Å²) in [6.07, 6.45) is 0. The van der Waals surface area contributed by atoms with Crippen LogP contribution in [-0.4, -0.2) is 32.2 Å². The van der Waals surface area contributed by atoms with Crippen molar-refractivity contribution >= 4 is 27.5 Å². The van der Waals surface area contributed by atoms with Gasteiger partial charge in [-0.2, -0.15) is 0 Å². The zero-order valence-electron chi connectivity index (χ0n) is 13.8. The van der Waals surface area contributed by atoms with Crippen LogP contribution in [0.15, 0.2) is 46.9 Å². The van der Waals surface area contributed by atoms with Crippen molar-refractivity contribution in [3.05, 3.63) is 63.6 Å². The van der Waals surface area contributed by atoms with Crippen molar-refractivity contribution in [1.29, 1.82) is 0 Å². The Morgan fingerprint density at radius 1 is 1.17 bits per heavy atom. The molecule has 2 N–H and O–H groups in total. The maximum atomic E-state index is 12.4. The molecule has 0 bridgehead atoms. The van der Waals surface area contributed by atoms with E-state index in [2.05, 4.69) is 21.2 Å². The van der Waals surface area contributed by atoms with Gasteiger partial charge in [0.25, 0.3) is 5.91 Å². The lowest BCUT2D eigenvalue weighted by Crippen LogP contribution is -3.12. The van der Waals surface area contributed by atoms with E-state index in [-0.39, 0.29) is 5.91 Å². The molecule has 24 heavy (non-hydrogen) atoms. The second kappa shape index (κ2) is 7.92. The Morgan fingerprint density at radius 3 is 2.54 bits per heavy atom. The predicted molar refractivity (Wildman–Crippen MR) is 98.5 cm³/mol. The number of aryl methyl sites for hydroxylation is 1. The van der Waals surface area contributed by atoms with Crippen LogP contribution in [0.25, 0.3) is 0 Å². The molecule has 0 atom stereocenters. The first kappa shape index (κ1) is 17.1. The van der Waals surface area contributed by atoms with Gasteiger partial charge in [0.2, 0.25) is 0 Å². The lowest BCUT2D eigenvalue weighted by molar-refractivity contribution is -0.921. The first-order valence-corrected chi connectivity index (χ1v) is 8.99. The van der Waals surface area contributed by atoms with Gasteiger partial charge in [0.05, 0.1) is 13.2 Å². The normalized spacial score (nSPS) is 15.2. The van der Waals surface area contributed by atoms with Crippen LogP contribution >= 0.6 is 15.9 Å². The second-order valence-electron chi connectivity index (χ2n) is 6.15. The Labute approximate surface area is 150 Å². The van der Waals surface area contributed by atoms with Gasteiger partial charge in [0.15, 0.2) is 0 Å². The molecule has 0 aromatic heterocycles. The Kier molecular flexibility index (Phi) is 5.66. The highest BCUT2D eigenvalue weighted by atomic mass is 79.9. The lowest BCUT2D eigenvalue weighted by atomic mass is 10.1. The highest BCUT2D eigenvalue weighted by Gasteiger charge is 2.14. The zero-order valence-corrected chi connectivity index (χ0v) is 15.4. The summed E-state index contributed by atoms with van der Waals surface area (Å²) in [6, 6.07) is 13.7. The fourth-order valence-corrected chi connectivity index (χ4v) is 3.07. The monoisotopic (exact) mass is 389 g/mol. The Balaban J connectivity index is 1.61. The van der Waals surface area contributed by atoms with Crippen molar-refractivity contribution in [2.75, 3.05) is 31.6 Å². The number of hydrogen-bond acceptors (Lipinski definition) is 2. The fraction of sp³-hybridized carbons (Fsp3) is 0.316. The summed E-state index contributed by atoms with van der Waals surface area (Å²) in [5.74, 6) is -0.0815. The molecule has 3 rings (SSSR count). The molecule has 0 unspecified atom stereocenters. The average Bonchev–Trinajstić information content (AvgIpc) is 2.60. The van der Waals surface area contributed by atoms with Gasteiger partial charge in [0.1, 0.15) is 19.6 Å². The molecule has 0 aliphatic carbocycles. The molecule has 1 aliphatic rings. The van der Waals surface area contributed by atoms with Crippen LogP contribution in [0.1, 0.15) is 21.5 Å². The van der Waals surface area contributed by atoms with Crippen LogP contribution in [-0.2, 0) is 11.3 Å². The minimum absolute atomic E-state index is 0.0815. The zero-order chi connectivity index (χ0) is 16.9. The number of carbonyl (C=O) groups is 1. The SMILES string of the molecule is Cc1cc(NC(=O)c2ccc(C[NH+]3CCOCC3)cc2)ccc1Br. The molecule has 126 valence electrons. The van der Waals surface area contributed by atoms with Crippen LogP contribution < -0.4 is 10.2 Å². The van der Waals surface area contributed by atoms with Crippen molar-refractivity contribution in [2.45, 2.75) is 13.5 Å². The Hall–Kier alpha value is -1.69. The number of hydrogen-bond donors (Lipinski definition) is 2. The van der Waals surface area contributed by atoms with Crippen molar-refractivity contribution in [3.63, 3.8) is 0 Å². The van der Waals surface area contributed by atoms with Crippen LogP contribution in [0.2, 0.25) is 0 Å². The number of anilines is 1. The van der Waals surface area contributed by atoms with Gasteiger partial charge in [0, 0.05) is 21.3 Å². The molecule has 2 aromatic rings. The van der Waals surface area contributed by atoms with E-state index in [1.807, 2.05) is 49.4 Å². The molecular formula is C19H22BrN2O2+. The minimum Gasteiger partial charge on any atom is -0.370 e. The maximum Gasteiger partial charge on any atom is 0.255 e. The summed E-state index contributed by atoms with van der Waals surface area (Å²) in [5, 5.41) is 2.95. The molecule has 1 fully saturated rings. The molecule has 0 radical (unpaired) electrons. The van der Waals surface area contributed by atoms with E-state index in [1.54, 1.807) is 0 Å². The van der Waals surface area contributed by atoms with E-state index in [4.69, 9.17) is 4.74 Å². The van der Waals surface area contributed by atoms with Crippen molar-refractivity contribution in [2.24, 2.45) is 0 Å². The third-order valence-corrected chi connectivity index (χ3v) is 5.18. The molecule has 1 heterocycles. The standard InChI is InChI=1S/C19H21BrN2O2/c1-14-12-17(6-7-18(14)20)21-19(23)16-4-2-15(3-5-16)13-22-8-10-24-11-9-22/h2-7,12H,8-11,13H2,1H3,(H,21,23)/p+1. The third-order valence-electron chi connectivity index (χ3n) is 4.29. The topological polar surface area (TPSA) is 42.8 Å². The minimum atomic E-state index is -0.0815. The molecule has 0 saturated carbocycles. The van der Waals surface area contributed by atoms with E-state index in [0.717, 1.165) is 48.6 Å². The molecule has 2 aromatic carbocycles. The third kappa shape index (κ3) is 4.44. The smallest absolute Gasteiger partial charge is 0.255 e. The van der Waals surface area contributed by atoms with E-state index >= 15 is 0 Å². The molecule has 1 amide bonds. The lowest BCUT2D eigenvalue weighted by Gasteiger charge is -2.23. The van der Waals surface area contributed by atoms with Gasteiger partial charge >= 0.3 is 0 Å². The summed E-state index contributed by atoms with van der Waals surface area (Å²) in [6.45, 7) is 6.75. The largest absolute Gasteiger partial charge is 0.370 e. The Bertz CT molecular complexity index is 710. The molecule has 1 aliphatic heterocycles. The first-order chi connectivity index (χ1) is 11.6. The summed E-state index contributed by atoms with van der Waals surface area (Å²) in [4.78, 5) is 13.9. The predicted octanol–water partition coefficient (Wildman–Crippen LogP) is 2.42. The van der Waals surface area contributed by atoms with Crippen LogP contribution in [0, 0.1) is 6.92 Å². The van der Waals surface area contributed by atoms with Crippen LogP contribution in [0.3, 0.4) is 0 Å². The first-order valence-electron chi connectivity index (χ1n) is 8.19. The van der Waals surface area contributed by atoms with Gasteiger partial charge in [-0.3, -0.25) is 4.79 Å². The number of morpholine rings is 1. The van der Waals surface area contributed by atoms with E-state index in [1.165, 1.54) is 10.5 Å². The highest BCUT2D eigenvalue weighted by Crippen LogP contribution is 2.20. The number of amides is 1. The summed E-state index contributed by atoms with van der Waals surface area (Å²) < 4.78 is 6.42. The Morgan fingerprint density at radius 2 is 1.88 bits per heavy atom. The maximum absolute atomic E-state index is 12.4. The number of carbonyl (C=O) groups excluding carboxylic acids is 1. The van der Waals surface area contributed by atoms with Crippen molar-refractivity contribution in [1.82, 2.24) is 0 Å². The molecule has 4 nitrogen and oxygen atoms in total. The number of halogens is 1. The fourth-order valence-electron chi connectivity index (χ4n) is 2.83. The van der Waals surface area contributed by atoms with E-state index < -0.39 is 0 Å². The van der Waals surface area contributed by atoms with Crippen LogP contribution in [0.4, 0.5) is 5.69 Å². The summed E-state index contributed by atoms with van der Waals surface area (Å²) >= 11 is 3.47. The molecule has 1 saturated heterocycles. The number of ether oxygens (including phenoxy) is 1. The van der Waals surface area contributed by atoms with Gasteiger partial charge in [-0.1, -0.05) is 28.1 Å². The summed E-state index contributed by atoms with van der Waals surface area (Å²) in [5.41, 5.74) is 3.83. The second-order valence-corrected chi connectivity index (χ2v) is 7.01. The van der Waals surface area contributed by atoms with Gasteiger partial charge in [-0.05, 0) is 42.8 Å².